The molecule has 0 amide bonds. The number of aromatic nitrogens is 2. The van der Waals surface area contributed by atoms with Gasteiger partial charge in [0, 0.05) is 10.9 Å². The molecule has 3 aromatic rings. The summed E-state index contributed by atoms with van der Waals surface area (Å²) in [5.41, 5.74) is 1.43. The molecule has 0 aliphatic heterocycles. The van der Waals surface area contributed by atoms with Crippen LogP contribution in [0.4, 0.5) is 0 Å². The summed E-state index contributed by atoms with van der Waals surface area (Å²) in [7, 11) is 1.66. The summed E-state index contributed by atoms with van der Waals surface area (Å²) < 4.78 is 9.66. The van der Waals surface area contributed by atoms with E-state index in [1.165, 1.54) is 4.68 Å². The Balaban J connectivity index is 2.11. The van der Waals surface area contributed by atoms with Gasteiger partial charge in [-0.15, -0.1) is 0 Å². The van der Waals surface area contributed by atoms with Crippen LogP contribution in [0.15, 0.2) is 44.7 Å². The molecule has 1 aromatic heterocycles. The Kier molecular flexibility index (Phi) is 7.48. The third-order valence-electron chi connectivity index (χ3n) is 4.18. The van der Waals surface area contributed by atoms with Crippen LogP contribution in [0.5, 0.6) is 5.75 Å². The van der Waals surface area contributed by atoms with Gasteiger partial charge in [0.1, 0.15) is 11.6 Å². The zero-order valence-electron chi connectivity index (χ0n) is 15.4. The van der Waals surface area contributed by atoms with Gasteiger partial charge in [0.05, 0.1) is 31.4 Å². The first-order valence-corrected chi connectivity index (χ1v) is 11.7. The quantitative estimate of drug-likeness (QED) is 0.255. The molecule has 0 aliphatic carbocycles. The number of nitrogens with zero attached hydrogens (tertiary/aromatic N) is 3. The number of hydrogen-bond acceptors (Lipinski definition) is 4. The van der Waals surface area contributed by atoms with Gasteiger partial charge in [-0.25, -0.2) is 4.98 Å². The van der Waals surface area contributed by atoms with Crippen LogP contribution in [0.2, 0.25) is 0 Å². The van der Waals surface area contributed by atoms with Gasteiger partial charge in [0.2, 0.25) is 0 Å². The molecule has 0 unspecified atom stereocenters. The predicted molar refractivity (Wildman–Crippen MR) is 134 cm³/mol. The van der Waals surface area contributed by atoms with Crippen molar-refractivity contribution in [3.8, 4) is 5.75 Å². The zero-order valence-corrected chi connectivity index (χ0v) is 21.3. The predicted octanol–water partition coefficient (Wildman–Crippen LogP) is 5.60. The average molecular weight is 666 g/mol. The first-order chi connectivity index (χ1) is 13.4. The molecular weight excluding hydrogens is 648 g/mol. The van der Waals surface area contributed by atoms with Crippen LogP contribution in [0.1, 0.15) is 31.2 Å². The second-order valence-corrected chi connectivity index (χ2v) is 9.41. The highest BCUT2D eigenvalue weighted by Crippen LogP contribution is 2.28. The van der Waals surface area contributed by atoms with E-state index in [-0.39, 0.29) is 5.56 Å². The number of unbranched alkanes of at least 4 members (excludes halogenated alkanes) is 1. The Morgan fingerprint density at radius 2 is 1.96 bits per heavy atom. The molecular formula is C20H18BrI2N3O2. The van der Waals surface area contributed by atoms with E-state index in [4.69, 9.17) is 9.72 Å². The minimum Gasteiger partial charge on any atom is -0.495 e. The van der Waals surface area contributed by atoms with Gasteiger partial charge in [-0.1, -0.05) is 29.3 Å². The molecule has 0 bridgehead atoms. The summed E-state index contributed by atoms with van der Waals surface area (Å²) in [6.07, 6.45) is 4.37. The summed E-state index contributed by atoms with van der Waals surface area (Å²) in [6.45, 7) is 2.12. The van der Waals surface area contributed by atoms with Gasteiger partial charge >= 0.3 is 0 Å². The summed E-state index contributed by atoms with van der Waals surface area (Å²) in [5.74, 6) is 1.52. The van der Waals surface area contributed by atoms with Crippen LogP contribution < -0.4 is 10.3 Å². The molecule has 0 fully saturated rings. The molecule has 8 heteroatoms. The monoisotopic (exact) mass is 665 g/mol. The van der Waals surface area contributed by atoms with E-state index in [1.54, 1.807) is 19.4 Å². The Labute approximate surface area is 199 Å². The van der Waals surface area contributed by atoms with E-state index in [0.717, 1.165) is 35.8 Å². The highest BCUT2D eigenvalue weighted by atomic mass is 127. The second-order valence-electron chi connectivity index (χ2n) is 6.17. The maximum absolute atomic E-state index is 13.1. The van der Waals surface area contributed by atoms with Crippen molar-refractivity contribution in [2.45, 2.75) is 26.2 Å². The van der Waals surface area contributed by atoms with Crippen LogP contribution in [-0.4, -0.2) is 23.0 Å². The van der Waals surface area contributed by atoms with Crippen molar-refractivity contribution in [3.05, 3.63) is 63.7 Å². The number of benzene rings is 2. The van der Waals surface area contributed by atoms with Crippen LogP contribution in [0, 0.1) is 7.14 Å². The Hall–Kier alpha value is -1.01. The average Bonchev–Trinajstić information content (AvgIpc) is 2.66. The molecule has 0 aliphatic rings. The first-order valence-electron chi connectivity index (χ1n) is 8.73. The van der Waals surface area contributed by atoms with Crippen LogP contribution in [0.3, 0.4) is 0 Å². The maximum Gasteiger partial charge on any atom is 0.282 e. The fourth-order valence-corrected chi connectivity index (χ4v) is 5.40. The van der Waals surface area contributed by atoms with Gasteiger partial charge in [-0.2, -0.15) is 9.78 Å². The van der Waals surface area contributed by atoms with Crippen molar-refractivity contribution in [1.29, 1.82) is 0 Å². The van der Waals surface area contributed by atoms with Gasteiger partial charge in [-0.05, 0) is 87.5 Å². The molecule has 5 nitrogen and oxygen atoms in total. The second kappa shape index (κ2) is 9.66. The third-order valence-corrected chi connectivity index (χ3v) is 6.27. The number of hydrogen-bond donors (Lipinski definition) is 0. The lowest BCUT2D eigenvalue weighted by molar-refractivity contribution is 0.409. The van der Waals surface area contributed by atoms with Crippen LogP contribution in [-0.2, 0) is 6.42 Å². The van der Waals surface area contributed by atoms with E-state index in [9.17, 15) is 4.79 Å². The maximum atomic E-state index is 13.1. The van der Waals surface area contributed by atoms with E-state index in [0.29, 0.717) is 23.1 Å². The number of methoxy groups -OCH3 is 1. The van der Waals surface area contributed by atoms with Crippen molar-refractivity contribution >= 4 is 78.2 Å². The number of halogens is 3. The Bertz CT molecular complexity index is 1090. The summed E-state index contributed by atoms with van der Waals surface area (Å²) in [6, 6.07) is 9.50. The highest BCUT2D eigenvalue weighted by Gasteiger charge is 2.11. The topological polar surface area (TPSA) is 56.5 Å². The van der Waals surface area contributed by atoms with E-state index >= 15 is 0 Å². The van der Waals surface area contributed by atoms with E-state index in [1.807, 2.05) is 24.3 Å². The number of rotatable bonds is 6. The van der Waals surface area contributed by atoms with Crippen molar-refractivity contribution in [1.82, 2.24) is 9.66 Å². The van der Waals surface area contributed by atoms with Crippen molar-refractivity contribution in [2.24, 2.45) is 5.10 Å². The molecule has 3 rings (SSSR count). The summed E-state index contributed by atoms with van der Waals surface area (Å²) >= 11 is 7.90. The van der Waals surface area contributed by atoms with Crippen molar-refractivity contribution < 1.29 is 4.74 Å². The van der Waals surface area contributed by atoms with Gasteiger partial charge in [0.25, 0.3) is 5.56 Å². The fraction of sp³-hybridized carbons (Fsp3) is 0.250. The zero-order chi connectivity index (χ0) is 20.3. The normalized spacial score (nSPS) is 11.5. The standard InChI is InChI=1S/C20H18BrI2N3O2/c1-3-4-5-18-25-17-7-6-13(21)10-14(17)20(27)26(18)24-11-12-8-15(22)19(28-2)16(23)9-12/h6-11H,3-5H2,1-2H3. The Morgan fingerprint density at radius 3 is 2.61 bits per heavy atom. The third kappa shape index (κ3) is 4.76. The lowest BCUT2D eigenvalue weighted by Gasteiger charge is -2.10. The van der Waals surface area contributed by atoms with Gasteiger partial charge in [-0.3, -0.25) is 4.79 Å². The number of aryl methyl sites for hydroxylation is 1. The summed E-state index contributed by atoms with van der Waals surface area (Å²) in [5, 5.41) is 5.05. The van der Waals surface area contributed by atoms with Crippen LogP contribution >= 0.6 is 61.1 Å². The smallest absolute Gasteiger partial charge is 0.282 e. The number of ether oxygens (including phenoxy) is 1. The molecule has 0 radical (unpaired) electrons. The molecule has 0 N–H and O–H groups in total. The lowest BCUT2D eigenvalue weighted by Crippen LogP contribution is -2.22. The fourth-order valence-electron chi connectivity index (χ4n) is 2.78. The SMILES string of the molecule is CCCCc1nc2ccc(Br)cc2c(=O)n1N=Cc1cc(I)c(OC)c(I)c1. The highest BCUT2D eigenvalue weighted by molar-refractivity contribution is 14.1. The van der Waals surface area contributed by atoms with Gasteiger partial charge in [0.15, 0.2) is 0 Å². The molecule has 0 atom stereocenters. The molecule has 28 heavy (non-hydrogen) atoms. The first kappa shape index (κ1) is 21.7. The summed E-state index contributed by atoms with van der Waals surface area (Å²) in [4.78, 5) is 17.8. The molecule has 146 valence electrons. The van der Waals surface area contributed by atoms with Gasteiger partial charge < -0.3 is 4.74 Å². The van der Waals surface area contributed by atoms with Crippen molar-refractivity contribution in [3.63, 3.8) is 0 Å². The minimum atomic E-state index is -0.161. The molecule has 0 spiro atoms. The minimum absolute atomic E-state index is 0.161. The molecule has 2 aromatic carbocycles. The lowest BCUT2D eigenvalue weighted by atomic mass is 10.2. The molecule has 0 saturated heterocycles. The van der Waals surface area contributed by atoms with E-state index < -0.39 is 0 Å². The Morgan fingerprint density at radius 1 is 1.25 bits per heavy atom. The number of fused-ring (bicyclic) bond motifs is 1. The van der Waals surface area contributed by atoms with E-state index in [2.05, 4.69) is 73.1 Å². The van der Waals surface area contributed by atoms with Crippen molar-refractivity contribution in [2.75, 3.05) is 7.11 Å². The molecule has 1 heterocycles. The largest absolute Gasteiger partial charge is 0.495 e. The van der Waals surface area contributed by atoms with Crippen LogP contribution in [0.25, 0.3) is 10.9 Å². The molecule has 0 saturated carbocycles.